The molecule has 0 atom stereocenters. The molecule has 10 aromatic rings. The Hall–Kier alpha value is -7.44. The molecular weight excluding hydrogens is 678 g/mol. The number of rotatable bonds is 6. The van der Waals surface area contributed by atoms with E-state index in [-0.39, 0.29) is 4.70 Å². The predicted molar refractivity (Wildman–Crippen MR) is 223 cm³/mol. The van der Waals surface area contributed by atoms with Gasteiger partial charge in [0, 0.05) is 56.4 Å². The first-order chi connectivity index (χ1) is 26.7. The van der Waals surface area contributed by atoms with Crippen molar-refractivity contribution in [2.75, 3.05) is 0 Å². The molecule has 0 unspecified atom stereocenters. The van der Waals surface area contributed by atoms with E-state index in [4.69, 9.17) is 24.9 Å². The van der Waals surface area contributed by atoms with E-state index in [1.807, 2.05) is 48.8 Å². The van der Waals surface area contributed by atoms with Crippen LogP contribution >= 0.6 is 0 Å². The molecule has 260 valence electrons. The molecule has 6 heteroatoms. The van der Waals surface area contributed by atoms with E-state index in [9.17, 15) is 0 Å². The van der Waals surface area contributed by atoms with E-state index in [0.717, 1.165) is 88.7 Å². The molecule has 0 aliphatic rings. The first kappa shape index (κ1) is 33.4. The Morgan fingerprint density at radius 2 is 0.818 bits per heavy atom. The second-order valence-electron chi connectivity index (χ2n) is 13.4. The van der Waals surface area contributed by atoms with Crippen molar-refractivity contribution in [3.8, 4) is 67.4 Å². The van der Waals surface area contributed by atoms with Crippen LogP contribution in [-0.2, 0) is 0 Å². The van der Waals surface area contributed by atoms with E-state index in [1.165, 1.54) is 5.56 Å². The van der Waals surface area contributed by atoms with Crippen molar-refractivity contribution in [3.05, 3.63) is 188 Å². The van der Waals surface area contributed by atoms with E-state index in [2.05, 4.69) is 140 Å². The van der Waals surface area contributed by atoms with Crippen LogP contribution < -0.4 is 0 Å². The van der Waals surface area contributed by atoms with Gasteiger partial charge >= 0.3 is 0 Å². The number of nitrogens with zero attached hydrogens (tertiary/aromatic N) is 5. The highest BCUT2D eigenvalue weighted by molar-refractivity contribution is 6.03. The summed E-state index contributed by atoms with van der Waals surface area (Å²) in [6, 6.07) is 60.8. The molecule has 10 rings (SSSR count). The highest BCUT2D eigenvalue weighted by Crippen LogP contribution is 2.37. The summed E-state index contributed by atoms with van der Waals surface area (Å²) in [5.74, 6) is 0.662. The van der Waals surface area contributed by atoms with Gasteiger partial charge in [0.25, 0.3) is 0 Å². The average molecular weight is 710 g/mol. The van der Waals surface area contributed by atoms with Crippen LogP contribution in [0.2, 0.25) is 0 Å². The number of aromatic nitrogens is 5. The van der Waals surface area contributed by atoms with Crippen LogP contribution in [0.15, 0.2) is 188 Å². The minimum Gasteiger partial charge on any atom is -0.269 e. The van der Waals surface area contributed by atoms with E-state index in [1.54, 1.807) is 0 Å². The molecule has 55 heavy (non-hydrogen) atoms. The lowest BCUT2D eigenvalue weighted by Gasteiger charge is -2.14. The van der Waals surface area contributed by atoms with Gasteiger partial charge in [-0.05, 0) is 59.2 Å². The zero-order valence-electron chi connectivity index (χ0n) is 29.5. The normalized spacial score (nSPS) is 11.1. The van der Waals surface area contributed by atoms with Gasteiger partial charge < -0.3 is 0 Å². The third-order valence-electron chi connectivity index (χ3n) is 9.95. The van der Waals surface area contributed by atoms with Gasteiger partial charge in [-0.2, -0.15) is 0 Å². The number of benzene rings is 6. The molecular formula is C49H32FN5. The van der Waals surface area contributed by atoms with Crippen molar-refractivity contribution < 1.29 is 4.70 Å². The minimum absolute atomic E-state index is 0. The SMILES string of the molecule is F.c1ccc(-c2ccc(-c3cc(-c4cc(-c5ccc6ccc7cccnc7c6n5)cc(-c5cccc6cccnc56)c4)nc(-c4ccccc4)n3)cc2)cc1. The fraction of sp³-hybridized carbons (Fsp3) is 0. The Morgan fingerprint density at radius 1 is 0.291 bits per heavy atom. The van der Waals surface area contributed by atoms with Crippen LogP contribution in [0.1, 0.15) is 0 Å². The maximum absolute atomic E-state index is 5.26. The first-order valence-electron chi connectivity index (χ1n) is 18.0. The van der Waals surface area contributed by atoms with Crippen molar-refractivity contribution in [3.63, 3.8) is 0 Å². The lowest BCUT2D eigenvalue weighted by atomic mass is 9.94. The van der Waals surface area contributed by atoms with Gasteiger partial charge in [0.05, 0.1) is 33.6 Å². The third-order valence-corrected chi connectivity index (χ3v) is 9.95. The van der Waals surface area contributed by atoms with Crippen LogP contribution in [0.25, 0.3) is 100 Å². The molecule has 4 aromatic heterocycles. The fourth-order valence-corrected chi connectivity index (χ4v) is 7.22. The smallest absolute Gasteiger partial charge is 0.160 e. The highest BCUT2D eigenvalue weighted by Gasteiger charge is 2.16. The Labute approximate surface area is 317 Å². The maximum atomic E-state index is 5.26. The van der Waals surface area contributed by atoms with Crippen LogP contribution in [0, 0.1) is 0 Å². The highest BCUT2D eigenvalue weighted by atomic mass is 19.0. The summed E-state index contributed by atoms with van der Waals surface area (Å²) >= 11 is 0. The standard InChI is InChI=1S/C49H31N5.FH/c1-3-10-32(11-4-1)33-18-20-34(21-19-33)44-31-45(54-49(53-44)38-12-5-2-6-13-38)41-29-39(42-17-7-14-35-15-8-26-50-46(35)42)28-40(30-41)43-25-24-37-23-22-36-16-9-27-51-47(36)48(37)52-43;/h1-31H;1H. The van der Waals surface area contributed by atoms with Crippen LogP contribution in [-0.4, -0.2) is 24.9 Å². The Morgan fingerprint density at radius 3 is 1.55 bits per heavy atom. The largest absolute Gasteiger partial charge is 0.269 e. The molecule has 6 aromatic carbocycles. The van der Waals surface area contributed by atoms with E-state index < -0.39 is 0 Å². The summed E-state index contributed by atoms with van der Waals surface area (Å²) < 4.78 is 0. The second kappa shape index (κ2) is 14.2. The van der Waals surface area contributed by atoms with E-state index >= 15 is 0 Å². The number of hydrogen-bond donors (Lipinski definition) is 0. The van der Waals surface area contributed by atoms with Crippen molar-refractivity contribution in [1.29, 1.82) is 0 Å². The average Bonchev–Trinajstić information content (AvgIpc) is 3.26. The number of para-hydroxylation sites is 1. The number of halogens is 1. The molecule has 5 nitrogen and oxygen atoms in total. The van der Waals surface area contributed by atoms with E-state index in [0.29, 0.717) is 5.82 Å². The molecule has 0 saturated carbocycles. The van der Waals surface area contributed by atoms with Crippen molar-refractivity contribution in [2.45, 2.75) is 0 Å². The van der Waals surface area contributed by atoms with Crippen LogP contribution in [0.4, 0.5) is 4.70 Å². The lowest BCUT2D eigenvalue weighted by molar-refractivity contribution is 1.11. The third kappa shape index (κ3) is 6.36. The van der Waals surface area contributed by atoms with Gasteiger partial charge in [0.15, 0.2) is 5.82 Å². The predicted octanol–water partition coefficient (Wildman–Crippen LogP) is 12.3. The fourth-order valence-electron chi connectivity index (χ4n) is 7.22. The number of fused-ring (bicyclic) bond motifs is 4. The van der Waals surface area contributed by atoms with Gasteiger partial charge in [-0.1, -0.05) is 133 Å². The molecule has 4 heterocycles. The quantitative estimate of drug-likeness (QED) is 0.161. The summed E-state index contributed by atoms with van der Waals surface area (Å²) in [5.41, 5.74) is 13.5. The summed E-state index contributed by atoms with van der Waals surface area (Å²) in [5, 5.41) is 3.19. The molecule has 0 aliphatic heterocycles. The first-order valence-corrected chi connectivity index (χ1v) is 18.0. The minimum atomic E-state index is 0. The van der Waals surface area contributed by atoms with Crippen molar-refractivity contribution in [2.24, 2.45) is 0 Å². The zero-order valence-corrected chi connectivity index (χ0v) is 29.5. The van der Waals surface area contributed by atoms with Crippen molar-refractivity contribution >= 4 is 32.7 Å². The summed E-state index contributed by atoms with van der Waals surface area (Å²) in [7, 11) is 0. The number of hydrogen-bond acceptors (Lipinski definition) is 5. The molecule has 0 spiro atoms. The molecule has 0 saturated heterocycles. The zero-order chi connectivity index (χ0) is 35.8. The Kier molecular flexibility index (Phi) is 8.61. The monoisotopic (exact) mass is 709 g/mol. The van der Waals surface area contributed by atoms with Crippen molar-refractivity contribution in [1.82, 2.24) is 24.9 Å². The van der Waals surface area contributed by atoms with Gasteiger partial charge in [0.1, 0.15) is 0 Å². The lowest BCUT2D eigenvalue weighted by Crippen LogP contribution is -1.97. The van der Waals surface area contributed by atoms with Crippen LogP contribution in [0.5, 0.6) is 0 Å². The molecule has 0 amide bonds. The topological polar surface area (TPSA) is 64.5 Å². The Balaban J connectivity index is 0.00000397. The van der Waals surface area contributed by atoms with Gasteiger partial charge in [-0.15, -0.1) is 0 Å². The molecule has 0 bridgehead atoms. The van der Waals surface area contributed by atoms with Gasteiger partial charge in [-0.3, -0.25) is 14.7 Å². The number of pyridine rings is 3. The summed E-state index contributed by atoms with van der Waals surface area (Å²) in [6.45, 7) is 0. The molecule has 0 aliphatic carbocycles. The summed E-state index contributed by atoms with van der Waals surface area (Å²) in [6.07, 6.45) is 3.68. The maximum Gasteiger partial charge on any atom is 0.160 e. The molecule has 0 radical (unpaired) electrons. The van der Waals surface area contributed by atoms with Crippen LogP contribution in [0.3, 0.4) is 0 Å². The Bertz CT molecular complexity index is 2980. The molecule has 0 N–H and O–H groups in total. The summed E-state index contributed by atoms with van der Waals surface area (Å²) in [4.78, 5) is 25.2. The molecule has 0 fully saturated rings. The van der Waals surface area contributed by atoms with Gasteiger partial charge in [-0.25, -0.2) is 15.0 Å². The van der Waals surface area contributed by atoms with Gasteiger partial charge in [0.2, 0.25) is 0 Å². The second-order valence-corrected chi connectivity index (χ2v) is 13.4.